The molecule has 10 heteroatoms. The molecular formula is C18H19F4N3O2S. The Morgan fingerprint density at radius 1 is 1.32 bits per heavy atom. The standard InChI is InChI=1S/C18H19F4N3O2S/c19-5-13(24-18(27)17(21)22)16(26)11-3-1-10(2-4-11)14-6-23-15(28-14)9-25-7-12(20)8-25/h1-4,6,12-13,16-17,26H,5,7-9H2,(H,24,27). The Bertz CT molecular complexity index is 796. The van der Waals surface area contributed by atoms with Crippen LogP contribution < -0.4 is 5.32 Å². The first kappa shape index (κ1) is 20.7. The summed E-state index contributed by atoms with van der Waals surface area (Å²) in [4.78, 5) is 18.2. The van der Waals surface area contributed by atoms with Gasteiger partial charge in [-0.1, -0.05) is 24.3 Å². The Morgan fingerprint density at radius 3 is 2.57 bits per heavy atom. The Hall–Kier alpha value is -2.04. The van der Waals surface area contributed by atoms with Gasteiger partial charge in [-0.3, -0.25) is 9.69 Å². The number of hydrogen-bond acceptors (Lipinski definition) is 5. The van der Waals surface area contributed by atoms with Gasteiger partial charge in [-0.2, -0.15) is 8.78 Å². The number of aliphatic hydroxyl groups excluding tert-OH is 1. The summed E-state index contributed by atoms with van der Waals surface area (Å²) in [5.74, 6) is -1.63. The smallest absolute Gasteiger partial charge is 0.315 e. The summed E-state index contributed by atoms with van der Waals surface area (Å²) in [6.07, 6.45) is -3.81. The number of rotatable bonds is 8. The second-order valence-corrected chi connectivity index (χ2v) is 7.66. The van der Waals surface area contributed by atoms with Gasteiger partial charge >= 0.3 is 6.43 Å². The third-order valence-corrected chi connectivity index (χ3v) is 5.47. The van der Waals surface area contributed by atoms with E-state index in [4.69, 9.17) is 0 Å². The number of carbonyl (C=O) groups is 1. The van der Waals surface area contributed by atoms with Gasteiger partial charge in [0.05, 0.1) is 17.5 Å². The summed E-state index contributed by atoms with van der Waals surface area (Å²) in [6, 6.07) is 5.01. The van der Waals surface area contributed by atoms with E-state index in [1.807, 2.05) is 4.90 Å². The highest BCUT2D eigenvalue weighted by Gasteiger charge is 2.27. The highest BCUT2D eigenvalue weighted by atomic mass is 32.1. The van der Waals surface area contributed by atoms with E-state index in [0.29, 0.717) is 25.2 Å². The van der Waals surface area contributed by atoms with Gasteiger partial charge in [0, 0.05) is 19.3 Å². The number of hydrogen-bond donors (Lipinski definition) is 2. The number of aliphatic hydroxyl groups is 1. The molecule has 2 unspecified atom stereocenters. The molecule has 2 N–H and O–H groups in total. The van der Waals surface area contributed by atoms with Gasteiger partial charge in [-0.25, -0.2) is 13.8 Å². The maximum Gasteiger partial charge on any atom is 0.315 e. The van der Waals surface area contributed by atoms with Crippen LogP contribution in [0, 0.1) is 0 Å². The summed E-state index contributed by atoms with van der Waals surface area (Å²) in [7, 11) is 0. The number of likely N-dealkylation sites (tertiary alicyclic amines) is 1. The SMILES string of the molecule is O=C(NC(CF)C(O)c1ccc(-c2cnc(CN3CC(F)C3)s2)cc1)C(F)F. The molecule has 3 rings (SSSR count). The fourth-order valence-corrected chi connectivity index (χ4v) is 3.83. The van der Waals surface area contributed by atoms with E-state index in [1.165, 1.54) is 11.3 Å². The molecule has 0 saturated carbocycles. The number of halogens is 4. The average Bonchev–Trinajstić information content (AvgIpc) is 3.12. The third kappa shape index (κ3) is 4.86. The van der Waals surface area contributed by atoms with Crippen LogP contribution in [0.3, 0.4) is 0 Å². The summed E-state index contributed by atoms with van der Waals surface area (Å²) in [6.45, 7) is 0.235. The second kappa shape index (κ2) is 8.97. The second-order valence-electron chi connectivity index (χ2n) is 6.55. The van der Waals surface area contributed by atoms with Gasteiger partial charge in [0.15, 0.2) is 0 Å². The molecule has 1 aliphatic heterocycles. The van der Waals surface area contributed by atoms with E-state index in [-0.39, 0.29) is 0 Å². The molecule has 1 aliphatic rings. The maximum atomic E-state index is 13.1. The Morgan fingerprint density at radius 2 is 2.00 bits per heavy atom. The minimum Gasteiger partial charge on any atom is -0.386 e. The number of benzene rings is 1. The maximum absolute atomic E-state index is 13.1. The van der Waals surface area contributed by atoms with Crippen molar-refractivity contribution in [2.75, 3.05) is 19.8 Å². The summed E-state index contributed by atoms with van der Waals surface area (Å²) < 4.78 is 50.6. The van der Waals surface area contributed by atoms with Crippen molar-refractivity contribution in [2.24, 2.45) is 0 Å². The quantitative estimate of drug-likeness (QED) is 0.649. The van der Waals surface area contributed by atoms with Crippen molar-refractivity contribution >= 4 is 17.2 Å². The number of amides is 1. The lowest BCUT2D eigenvalue weighted by Gasteiger charge is -2.33. The normalized spacial score (nSPS) is 17.4. The molecule has 1 aromatic heterocycles. The number of nitrogens with one attached hydrogen (secondary N) is 1. The minimum absolute atomic E-state index is 0.292. The molecule has 0 aliphatic carbocycles. The summed E-state index contributed by atoms with van der Waals surface area (Å²) in [5.41, 5.74) is 1.11. The largest absolute Gasteiger partial charge is 0.386 e. The molecule has 2 heterocycles. The van der Waals surface area contributed by atoms with Crippen molar-refractivity contribution in [3.63, 3.8) is 0 Å². The third-order valence-electron chi connectivity index (χ3n) is 4.43. The molecule has 28 heavy (non-hydrogen) atoms. The zero-order chi connectivity index (χ0) is 20.3. The van der Waals surface area contributed by atoms with Crippen molar-refractivity contribution in [2.45, 2.75) is 31.3 Å². The highest BCUT2D eigenvalue weighted by Crippen LogP contribution is 2.29. The average molecular weight is 417 g/mol. The van der Waals surface area contributed by atoms with Crippen LogP contribution in [0.2, 0.25) is 0 Å². The highest BCUT2D eigenvalue weighted by molar-refractivity contribution is 7.15. The number of carbonyl (C=O) groups excluding carboxylic acids is 1. The van der Waals surface area contributed by atoms with Crippen molar-refractivity contribution < 1.29 is 27.5 Å². The van der Waals surface area contributed by atoms with Crippen LogP contribution in [0.25, 0.3) is 10.4 Å². The topological polar surface area (TPSA) is 65.5 Å². The number of thiazole rings is 1. The fraction of sp³-hybridized carbons (Fsp3) is 0.444. The first-order valence-corrected chi connectivity index (χ1v) is 9.43. The lowest BCUT2D eigenvalue weighted by molar-refractivity contribution is -0.133. The molecule has 1 amide bonds. The van der Waals surface area contributed by atoms with E-state index >= 15 is 0 Å². The summed E-state index contributed by atoms with van der Waals surface area (Å²) >= 11 is 1.46. The molecule has 0 spiro atoms. The van der Waals surface area contributed by atoms with Crippen LogP contribution in [-0.2, 0) is 11.3 Å². The monoisotopic (exact) mass is 417 g/mol. The molecule has 1 fully saturated rings. The fourth-order valence-electron chi connectivity index (χ4n) is 2.87. The molecule has 0 radical (unpaired) electrons. The Kier molecular flexibility index (Phi) is 6.63. The lowest BCUT2D eigenvalue weighted by Crippen LogP contribution is -2.47. The molecule has 2 atom stereocenters. The summed E-state index contributed by atoms with van der Waals surface area (Å²) in [5, 5.41) is 12.8. The van der Waals surface area contributed by atoms with Crippen molar-refractivity contribution in [1.82, 2.24) is 15.2 Å². The van der Waals surface area contributed by atoms with Gasteiger partial charge in [-0.15, -0.1) is 11.3 Å². The molecular weight excluding hydrogens is 398 g/mol. The zero-order valence-electron chi connectivity index (χ0n) is 14.7. The van der Waals surface area contributed by atoms with E-state index in [1.54, 1.807) is 35.8 Å². The lowest BCUT2D eigenvalue weighted by atomic mass is 10.0. The van der Waals surface area contributed by atoms with Gasteiger partial charge in [0.1, 0.15) is 24.0 Å². The molecule has 1 saturated heterocycles. The molecule has 2 aromatic rings. The predicted octanol–water partition coefficient (Wildman–Crippen LogP) is 2.72. The van der Waals surface area contributed by atoms with Crippen LogP contribution in [0.5, 0.6) is 0 Å². The van der Waals surface area contributed by atoms with E-state index in [2.05, 4.69) is 4.98 Å². The van der Waals surface area contributed by atoms with Gasteiger partial charge in [0.25, 0.3) is 5.91 Å². The van der Waals surface area contributed by atoms with E-state index < -0.39 is 37.3 Å². The first-order valence-electron chi connectivity index (χ1n) is 8.61. The first-order chi connectivity index (χ1) is 13.4. The molecule has 1 aromatic carbocycles. The van der Waals surface area contributed by atoms with Crippen LogP contribution in [0.15, 0.2) is 30.5 Å². The predicted molar refractivity (Wildman–Crippen MR) is 96.6 cm³/mol. The van der Waals surface area contributed by atoms with E-state index in [9.17, 15) is 27.5 Å². The van der Waals surface area contributed by atoms with Gasteiger partial charge in [-0.05, 0) is 11.1 Å². The van der Waals surface area contributed by atoms with Gasteiger partial charge in [0.2, 0.25) is 0 Å². The van der Waals surface area contributed by atoms with Crippen LogP contribution in [0.4, 0.5) is 17.6 Å². The molecule has 0 bridgehead atoms. The van der Waals surface area contributed by atoms with E-state index in [0.717, 1.165) is 15.4 Å². The Labute approximate surface area is 163 Å². The van der Waals surface area contributed by atoms with Crippen LogP contribution in [-0.4, -0.2) is 59.3 Å². The molecule has 5 nitrogen and oxygen atoms in total. The zero-order valence-corrected chi connectivity index (χ0v) is 15.5. The van der Waals surface area contributed by atoms with Crippen molar-refractivity contribution in [1.29, 1.82) is 0 Å². The van der Waals surface area contributed by atoms with Crippen LogP contribution in [0.1, 0.15) is 16.7 Å². The molecule has 152 valence electrons. The Balaban J connectivity index is 1.64. The van der Waals surface area contributed by atoms with Crippen LogP contribution >= 0.6 is 11.3 Å². The van der Waals surface area contributed by atoms with Crippen molar-refractivity contribution in [3.05, 3.63) is 41.0 Å². The minimum atomic E-state index is -3.28. The van der Waals surface area contributed by atoms with Crippen molar-refractivity contribution in [3.8, 4) is 10.4 Å². The number of nitrogens with zero attached hydrogens (tertiary/aromatic N) is 2. The number of alkyl halides is 4. The van der Waals surface area contributed by atoms with Gasteiger partial charge < -0.3 is 10.4 Å². The number of aromatic nitrogens is 1.